The molecular formula is C14H11FN2O. The minimum absolute atomic E-state index is 0.192. The van der Waals surface area contributed by atoms with E-state index in [4.69, 9.17) is 10.00 Å². The van der Waals surface area contributed by atoms with Gasteiger partial charge in [0.2, 0.25) is 0 Å². The van der Waals surface area contributed by atoms with Crippen LogP contribution in [0, 0.1) is 17.1 Å². The van der Waals surface area contributed by atoms with Gasteiger partial charge in [0.25, 0.3) is 0 Å². The summed E-state index contributed by atoms with van der Waals surface area (Å²) in [7, 11) is 1.52. The van der Waals surface area contributed by atoms with Crippen LogP contribution in [0.2, 0.25) is 0 Å². The van der Waals surface area contributed by atoms with Gasteiger partial charge in [0.1, 0.15) is 11.6 Å². The maximum Gasteiger partial charge on any atom is 0.141 e. The van der Waals surface area contributed by atoms with Crippen molar-refractivity contribution in [2.45, 2.75) is 6.42 Å². The quantitative estimate of drug-likeness (QED) is 0.831. The first-order valence-electron chi connectivity index (χ1n) is 5.40. The maximum absolute atomic E-state index is 13.2. The topological polar surface area (TPSA) is 45.9 Å². The summed E-state index contributed by atoms with van der Waals surface area (Å²) in [6, 6.07) is 8.28. The Balaban J connectivity index is 2.60. The lowest BCUT2D eigenvalue weighted by Crippen LogP contribution is -1.96. The fourth-order valence-electron chi connectivity index (χ4n) is 1.81. The number of hydrogen-bond acceptors (Lipinski definition) is 3. The van der Waals surface area contributed by atoms with Crippen molar-refractivity contribution in [2.24, 2.45) is 0 Å². The lowest BCUT2D eigenvalue weighted by molar-refractivity contribution is 0.409. The molecule has 2 aromatic rings. The zero-order chi connectivity index (χ0) is 13.0. The highest BCUT2D eigenvalue weighted by atomic mass is 19.1. The highest BCUT2D eigenvalue weighted by Crippen LogP contribution is 2.30. The third kappa shape index (κ3) is 2.30. The van der Waals surface area contributed by atoms with Gasteiger partial charge in [-0.3, -0.25) is 4.98 Å². The van der Waals surface area contributed by atoms with Crippen molar-refractivity contribution in [3.05, 3.63) is 48.0 Å². The summed E-state index contributed by atoms with van der Waals surface area (Å²) in [6.45, 7) is 0. The van der Waals surface area contributed by atoms with Gasteiger partial charge in [0.05, 0.1) is 25.8 Å². The molecule has 90 valence electrons. The summed E-state index contributed by atoms with van der Waals surface area (Å²) in [6.07, 6.45) is 3.36. The van der Waals surface area contributed by atoms with Gasteiger partial charge in [-0.2, -0.15) is 5.26 Å². The molecule has 0 fully saturated rings. The zero-order valence-electron chi connectivity index (χ0n) is 9.85. The van der Waals surface area contributed by atoms with Crippen LogP contribution in [-0.2, 0) is 6.42 Å². The van der Waals surface area contributed by atoms with Crippen LogP contribution in [0.4, 0.5) is 4.39 Å². The molecule has 1 heterocycles. The Morgan fingerprint density at radius 3 is 2.89 bits per heavy atom. The molecule has 1 aromatic heterocycles. The molecular weight excluding hydrogens is 231 g/mol. The Kier molecular flexibility index (Phi) is 3.54. The minimum Gasteiger partial charge on any atom is -0.495 e. The second-order valence-electron chi connectivity index (χ2n) is 3.71. The highest BCUT2D eigenvalue weighted by Gasteiger charge is 2.11. The van der Waals surface area contributed by atoms with Crippen molar-refractivity contribution in [3.8, 4) is 22.9 Å². The van der Waals surface area contributed by atoms with Gasteiger partial charge in [0, 0.05) is 17.3 Å². The predicted molar refractivity (Wildman–Crippen MR) is 65.5 cm³/mol. The summed E-state index contributed by atoms with van der Waals surface area (Å²) in [5.41, 5.74) is 2.13. The molecule has 1 aromatic carbocycles. The number of rotatable bonds is 3. The van der Waals surface area contributed by atoms with E-state index in [0.717, 1.165) is 11.1 Å². The molecule has 0 unspecified atom stereocenters. The van der Waals surface area contributed by atoms with Crippen LogP contribution in [0.1, 0.15) is 5.56 Å². The molecule has 0 saturated carbocycles. The summed E-state index contributed by atoms with van der Waals surface area (Å²) in [5.74, 6) is 0.219. The molecule has 0 N–H and O–H groups in total. The molecule has 4 heteroatoms. The molecule has 0 spiro atoms. The third-order valence-electron chi connectivity index (χ3n) is 2.63. The van der Waals surface area contributed by atoms with Crippen LogP contribution in [0.25, 0.3) is 11.1 Å². The van der Waals surface area contributed by atoms with Crippen molar-refractivity contribution in [3.63, 3.8) is 0 Å². The standard InChI is InChI=1S/C14H11FN2O/c1-18-14-9-17-8-13(12(14)5-6-16)10-3-2-4-11(15)7-10/h2-4,7-9H,5H2,1H3. The summed E-state index contributed by atoms with van der Waals surface area (Å²) >= 11 is 0. The van der Waals surface area contributed by atoms with E-state index in [2.05, 4.69) is 11.1 Å². The molecule has 0 amide bonds. The molecule has 0 aliphatic heterocycles. The number of methoxy groups -OCH3 is 1. The molecule has 3 nitrogen and oxygen atoms in total. The Morgan fingerprint density at radius 1 is 1.39 bits per heavy atom. The second kappa shape index (κ2) is 5.28. The summed E-state index contributed by atoms with van der Waals surface area (Å²) < 4.78 is 18.4. The summed E-state index contributed by atoms with van der Waals surface area (Å²) in [5, 5.41) is 8.87. The predicted octanol–water partition coefficient (Wildman–Crippen LogP) is 2.96. The molecule has 0 radical (unpaired) electrons. The number of nitrogens with zero attached hydrogens (tertiary/aromatic N) is 2. The van der Waals surface area contributed by atoms with Gasteiger partial charge < -0.3 is 4.74 Å². The van der Waals surface area contributed by atoms with Crippen molar-refractivity contribution >= 4 is 0 Å². The van der Waals surface area contributed by atoms with Crippen molar-refractivity contribution < 1.29 is 9.13 Å². The van der Waals surface area contributed by atoms with E-state index in [-0.39, 0.29) is 12.2 Å². The second-order valence-corrected chi connectivity index (χ2v) is 3.71. The zero-order valence-corrected chi connectivity index (χ0v) is 9.85. The van der Waals surface area contributed by atoms with Gasteiger partial charge in [-0.1, -0.05) is 12.1 Å². The first-order chi connectivity index (χ1) is 8.76. The van der Waals surface area contributed by atoms with Gasteiger partial charge in [0.15, 0.2) is 0 Å². The molecule has 0 atom stereocenters. The van der Waals surface area contributed by atoms with E-state index in [1.165, 1.54) is 19.2 Å². The maximum atomic E-state index is 13.2. The third-order valence-corrected chi connectivity index (χ3v) is 2.63. The van der Waals surface area contributed by atoms with E-state index < -0.39 is 0 Å². The fourth-order valence-corrected chi connectivity index (χ4v) is 1.81. The lowest BCUT2D eigenvalue weighted by atomic mass is 9.99. The van der Waals surface area contributed by atoms with Crippen LogP contribution in [-0.4, -0.2) is 12.1 Å². The minimum atomic E-state index is -0.321. The lowest BCUT2D eigenvalue weighted by Gasteiger charge is -2.11. The SMILES string of the molecule is COc1cncc(-c2cccc(F)c2)c1CC#N. The van der Waals surface area contributed by atoms with Crippen molar-refractivity contribution in [1.82, 2.24) is 4.98 Å². The van der Waals surface area contributed by atoms with Crippen LogP contribution in [0.3, 0.4) is 0 Å². The number of halogens is 1. The molecule has 0 saturated heterocycles. The number of ether oxygens (including phenoxy) is 1. The Labute approximate surface area is 104 Å². The van der Waals surface area contributed by atoms with E-state index in [0.29, 0.717) is 11.3 Å². The van der Waals surface area contributed by atoms with E-state index in [9.17, 15) is 4.39 Å². The van der Waals surface area contributed by atoms with Gasteiger partial charge >= 0.3 is 0 Å². The normalized spacial score (nSPS) is 9.83. The van der Waals surface area contributed by atoms with Crippen LogP contribution in [0.15, 0.2) is 36.7 Å². The fraction of sp³-hybridized carbons (Fsp3) is 0.143. The molecule has 0 aliphatic carbocycles. The van der Waals surface area contributed by atoms with Crippen molar-refractivity contribution in [2.75, 3.05) is 7.11 Å². The monoisotopic (exact) mass is 242 g/mol. The van der Waals surface area contributed by atoms with Crippen LogP contribution < -0.4 is 4.74 Å². The first kappa shape index (κ1) is 12.1. The van der Waals surface area contributed by atoms with Gasteiger partial charge in [-0.15, -0.1) is 0 Å². The molecule has 0 aliphatic rings. The number of benzene rings is 1. The smallest absolute Gasteiger partial charge is 0.141 e. The van der Waals surface area contributed by atoms with E-state index >= 15 is 0 Å². The average molecular weight is 242 g/mol. The molecule has 0 bridgehead atoms. The number of pyridine rings is 1. The first-order valence-corrected chi connectivity index (χ1v) is 5.40. The van der Waals surface area contributed by atoms with Crippen LogP contribution >= 0.6 is 0 Å². The van der Waals surface area contributed by atoms with Gasteiger partial charge in [-0.05, 0) is 17.7 Å². The largest absolute Gasteiger partial charge is 0.495 e. The summed E-state index contributed by atoms with van der Waals surface area (Å²) in [4.78, 5) is 4.05. The Hall–Kier alpha value is -2.41. The highest BCUT2D eigenvalue weighted by molar-refractivity contribution is 5.69. The van der Waals surface area contributed by atoms with Crippen molar-refractivity contribution in [1.29, 1.82) is 5.26 Å². The van der Waals surface area contributed by atoms with Gasteiger partial charge in [-0.25, -0.2) is 4.39 Å². The number of nitriles is 1. The molecule has 18 heavy (non-hydrogen) atoms. The van der Waals surface area contributed by atoms with Crippen LogP contribution in [0.5, 0.6) is 5.75 Å². The molecule has 2 rings (SSSR count). The van der Waals surface area contributed by atoms with E-state index in [1.54, 1.807) is 24.5 Å². The number of hydrogen-bond donors (Lipinski definition) is 0. The number of aromatic nitrogens is 1. The average Bonchev–Trinajstić information content (AvgIpc) is 2.39. The Morgan fingerprint density at radius 2 is 2.22 bits per heavy atom. The Bertz CT molecular complexity index is 605. The van der Waals surface area contributed by atoms with E-state index in [1.807, 2.05) is 0 Å².